The highest BCUT2D eigenvalue weighted by Gasteiger charge is 2.49. The number of carbonyl (C=O) groups is 3. The molecule has 3 N–H and O–H groups in total. The van der Waals surface area contributed by atoms with E-state index in [0.29, 0.717) is 19.4 Å². The molecule has 148 valence electrons. The molecule has 1 saturated heterocycles. The van der Waals surface area contributed by atoms with Gasteiger partial charge in [-0.05, 0) is 58.9 Å². The van der Waals surface area contributed by atoms with Gasteiger partial charge in [-0.3, -0.25) is 10.1 Å². The highest BCUT2D eigenvalue weighted by Crippen LogP contribution is 2.24. The summed E-state index contributed by atoms with van der Waals surface area (Å²) >= 11 is 0. The Bertz CT molecular complexity index is 543. The van der Waals surface area contributed by atoms with Crippen LogP contribution >= 0.6 is 0 Å². The molecule has 0 aromatic heterocycles. The fourth-order valence-corrected chi connectivity index (χ4v) is 2.91. The Morgan fingerprint density at radius 3 is 2.38 bits per heavy atom. The first-order valence-electron chi connectivity index (χ1n) is 9.17. The maximum absolute atomic E-state index is 13.0. The summed E-state index contributed by atoms with van der Waals surface area (Å²) in [5, 5.41) is 14.7. The maximum atomic E-state index is 13.0. The van der Waals surface area contributed by atoms with Gasteiger partial charge in [-0.1, -0.05) is 19.9 Å². The lowest BCUT2D eigenvalue weighted by Gasteiger charge is -2.37. The second-order valence-electron chi connectivity index (χ2n) is 8.20. The summed E-state index contributed by atoms with van der Waals surface area (Å²) < 4.78 is 5.49. The molecule has 0 aromatic rings. The van der Waals surface area contributed by atoms with Crippen molar-refractivity contribution in [3.63, 3.8) is 0 Å². The van der Waals surface area contributed by atoms with Gasteiger partial charge < -0.3 is 15.2 Å². The Morgan fingerprint density at radius 2 is 1.92 bits per heavy atom. The number of carbonyl (C=O) groups excluding carboxylic acids is 2. The minimum atomic E-state index is -1.43. The Kier molecular flexibility index (Phi) is 7.81. The van der Waals surface area contributed by atoms with Gasteiger partial charge in [0.05, 0.1) is 0 Å². The largest absolute Gasteiger partial charge is 0.478 e. The van der Waals surface area contributed by atoms with Crippen LogP contribution in [0, 0.1) is 5.92 Å². The fourth-order valence-electron chi connectivity index (χ4n) is 2.91. The minimum absolute atomic E-state index is 0.246. The third kappa shape index (κ3) is 6.78. The number of nitrogens with one attached hydrogen (secondary N) is 2. The normalized spacial score (nSPS) is 22.2. The van der Waals surface area contributed by atoms with Crippen molar-refractivity contribution in [2.45, 2.75) is 77.5 Å². The van der Waals surface area contributed by atoms with E-state index < -0.39 is 35.0 Å². The SMILES string of the molecule is CC(C)CC(C=CC(=O)O)NC(=O)[C@]1(C(=O)OC(C)(C)C)CCCCN1. The summed E-state index contributed by atoms with van der Waals surface area (Å²) in [4.78, 5) is 36.6. The van der Waals surface area contributed by atoms with Crippen molar-refractivity contribution in [2.24, 2.45) is 5.92 Å². The highest BCUT2D eigenvalue weighted by molar-refractivity contribution is 6.08. The van der Waals surface area contributed by atoms with Crippen molar-refractivity contribution in [3.05, 3.63) is 12.2 Å². The molecule has 1 fully saturated rings. The number of aliphatic carboxylic acids is 1. The van der Waals surface area contributed by atoms with Gasteiger partial charge in [0.1, 0.15) is 5.60 Å². The number of esters is 1. The molecule has 26 heavy (non-hydrogen) atoms. The lowest BCUT2D eigenvalue weighted by molar-refractivity contribution is -0.167. The molecule has 1 amide bonds. The van der Waals surface area contributed by atoms with E-state index in [0.717, 1.165) is 18.9 Å². The van der Waals surface area contributed by atoms with Crippen LogP contribution in [0.15, 0.2) is 12.2 Å². The molecular formula is C19H32N2O5. The van der Waals surface area contributed by atoms with Gasteiger partial charge >= 0.3 is 11.9 Å². The summed E-state index contributed by atoms with van der Waals surface area (Å²) in [6.07, 6.45) is 5.00. The molecule has 0 saturated carbocycles. The Hall–Kier alpha value is -1.89. The van der Waals surface area contributed by atoms with Crippen LogP contribution in [0.2, 0.25) is 0 Å². The standard InChI is InChI=1S/C19H32N2O5/c1-13(2)12-14(8-9-15(22)23)21-16(24)19(10-6-7-11-20-19)17(25)26-18(3,4)5/h8-9,13-14,20H,6-7,10-12H2,1-5H3,(H,21,24)(H,22,23)/t14?,19-/m0/s1. The number of hydrogen-bond donors (Lipinski definition) is 3. The molecule has 1 rings (SSSR count). The van der Waals surface area contributed by atoms with Crippen LogP contribution in [-0.4, -0.2) is 46.7 Å². The summed E-state index contributed by atoms with van der Waals surface area (Å²) in [5.74, 6) is -1.89. The van der Waals surface area contributed by atoms with Crippen molar-refractivity contribution < 1.29 is 24.2 Å². The summed E-state index contributed by atoms with van der Waals surface area (Å²) in [5.41, 5.74) is -2.14. The van der Waals surface area contributed by atoms with E-state index in [1.54, 1.807) is 20.8 Å². The number of hydrogen-bond acceptors (Lipinski definition) is 5. The van der Waals surface area contributed by atoms with E-state index in [-0.39, 0.29) is 5.92 Å². The van der Waals surface area contributed by atoms with Gasteiger partial charge in [0.15, 0.2) is 5.54 Å². The predicted octanol–water partition coefficient (Wildman–Crippen LogP) is 2.01. The zero-order chi connectivity index (χ0) is 20.0. The van der Waals surface area contributed by atoms with E-state index in [1.165, 1.54) is 6.08 Å². The number of rotatable bonds is 7. The summed E-state index contributed by atoms with van der Waals surface area (Å²) in [6.45, 7) is 9.79. The zero-order valence-electron chi connectivity index (χ0n) is 16.4. The zero-order valence-corrected chi connectivity index (χ0v) is 16.4. The first kappa shape index (κ1) is 22.2. The van der Waals surface area contributed by atoms with Gasteiger partial charge in [0.2, 0.25) is 0 Å². The Labute approximate surface area is 155 Å². The number of amides is 1. The average molecular weight is 368 g/mol. The van der Waals surface area contributed by atoms with Crippen molar-refractivity contribution in [1.82, 2.24) is 10.6 Å². The first-order valence-corrected chi connectivity index (χ1v) is 9.17. The molecule has 7 heteroatoms. The lowest BCUT2D eigenvalue weighted by Crippen LogP contribution is -2.66. The number of carboxylic acids is 1. The molecule has 0 bridgehead atoms. The molecule has 7 nitrogen and oxygen atoms in total. The van der Waals surface area contributed by atoms with Crippen molar-refractivity contribution in [3.8, 4) is 0 Å². The van der Waals surface area contributed by atoms with Crippen molar-refractivity contribution in [2.75, 3.05) is 6.54 Å². The van der Waals surface area contributed by atoms with Gasteiger partial charge in [-0.2, -0.15) is 0 Å². The maximum Gasteiger partial charge on any atom is 0.336 e. The van der Waals surface area contributed by atoms with Crippen LogP contribution in [-0.2, 0) is 19.1 Å². The lowest BCUT2D eigenvalue weighted by atomic mass is 9.87. The molecule has 0 aliphatic carbocycles. The second-order valence-corrected chi connectivity index (χ2v) is 8.20. The quantitative estimate of drug-likeness (QED) is 0.361. The van der Waals surface area contributed by atoms with Gasteiger partial charge in [-0.25, -0.2) is 9.59 Å². The van der Waals surface area contributed by atoms with Crippen molar-refractivity contribution >= 4 is 17.8 Å². The topological polar surface area (TPSA) is 105 Å². The van der Waals surface area contributed by atoms with Crippen LogP contribution < -0.4 is 10.6 Å². The number of piperidine rings is 1. The minimum Gasteiger partial charge on any atom is -0.478 e. The molecule has 0 radical (unpaired) electrons. The van der Waals surface area contributed by atoms with Gasteiger partial charge in [0, 0.05) is 12.1 Å². The summed E-state index contributed by atoms with van der Waals surface area (Å²) in [7, 11) is 0. The van der Waals surface area contributed by atoms with Crippen LogP contribution in [0.1, 0.15) is 60.3 Å². The van der Waals surface area contributed by atoms with Gasteiger partial charge in [0.25, 0.3) is 5.91 Å². The third-order valence-corrected chi connectivity index (χ3v) is 4.05. The van der Waals surface area contributed by atoms with Crippen LogP contribution in [0.25, 0.3) is 0 Å². The van der Waals surface area contributed by atoms with Crippen LogP contribution in [0.5, 0.6) is 0 Å². The number of ether oxygens (including phenoxy) is 1. The van der Waals surface area contributed by atoms with Crippen LogP contribution in [0.4, 0.5) is 0 Å². The van der Waals surface area contributed by atoms with Crippen molar-refractivity contribution in [1.29, 1.82) is 0 Å². The Morgan fingerprint density at radius 1 is 1.27 bits per heavy atom. The molecule has 2 atom stereocenters. The van der Waals surface area contributed by atoms with Crippen LogP contribution in [0.3, 0.4) is 0 Å². The molecule has 1 aliphatic heterocycles. The van der Waals surface area contributed by atoms with Gasteiger partial charge in [-0.15, -0.1) is 0 Å². The monoisotopic (exact) mass is 368 g/mol. The third-order valence-electron chi connectivity index (χ3n) is 4.05. The number of carboxylic acid groups (broad SMARTS) is 1. The molecule has 1 aliphatic rings. The molecule has 0 aromatic carbocycles. The Balaban J connectivity index is 3.02. The highest BCUT2D eigenvalue weighted by atomic mass is 16.6. The average Bonchev–Trinajstić information content (AvgIpc) is 2.50. The van der Waals surface area contributed by atoms with E-state index in [4.69, 9.17) is 9.84 Å². The van der Waals surface area contributed by atoms with E-state index in [1.807, 2.05) is 13.8 Å². The van der Waals surface area contributed by atoms with E-state index >= 15 is 0 Å². The van der Waals surface area contributed by atoms with E-state index in [2.05, 4.69) is 10.6 Å². The predicted molar refractivity (Wildman–Crippen MR) is 98.6 cm³/mol. The second kappa shape index (κ2) is 9.16. The fraction of sp³-hybridized carbons (Fsp3) is 0.737. The summed E-state index contributed by atoms with van der Waals surface area (Å²) in [6, 6.07) is -0.471. The van der Waals surface area contributed by atoms with E-state index in [9.17, 15) is 14.4 Å². The molecule has 0 spiro atoms. The smallest absolute Gasteiger partial charge is 0.336 e. The molecular weight excluding hydrogens is 336 g/mol. The molecule has 1 unspecified atom stereocenters. The molecule has 1 heterocycles. The first-order chi connectivity index (χ1) is 12.0.